The van der Waals surface area contributed by atoms with E-state index in [1.807, 2.05) is 0 Å². The molecule has 0 aromatic heterocycles. The standard InChI is InChI=1S/C14H25NO7/c1-11(17)21-9-5-7-15(6-4-8-16)10-12(18)22-14(2,3)13(19)20/h16H,4-10H2,1-3H3,(H,19,20). The average Bonchev–Trinajstić information content (AvgIpc) is 2.39. The van der Waals surface area contributed by atoms with E-state index >= 15 is 0 Å². The predicted octanol–water partition coefficient (Wildman–Crippen LogP) is 0.0304. The van der Waals surface area contributed by atoms with Gasteiger partial charge in [-0.25, -0.2) is 4.79 Å². The van der Waals surface area contributed by atoms with Crippen LogP contribution in [0.4, 0.5) is 0 Å². The van der Waals surface area contributed by atoms with Gasteiger partial charge in [0.05, 0.1) is 13.2 Å². The molecule has 0 aromatic carbocycles. The van der Waals surface area contributed by atoms with Crippen molar-refractivity contribution in [1.82, 2.24) is 4.90 Å². The highest BCUT2D eigenvalue weighted by molar-refractivity contribution is 5.81. The number of carboxylic acid groups (broad SMARTS) is 1. The highest BCUT2D eigenvalue weighted by Gasteiger charge is 2.32. The van der Waals surface area contributed by atoms with Crippen LogP contribution in [0.25, 0.3) is 0 Å². The number of ether oxygens (including phenoxy) is 2. The third-order valence-corrected chi connectivity index (χ3v) is 2.79. The minimum atomic E-state index is -1.59. The second kappa shape index (κ2) is 10.1. The van der Waals surface area contributed by atoms with Crippen molar-refractivity contribution in [3.05, 3.63) is 0 Å². The Bertz CT molecular complexity index is 381. The summed E-state index contributed by atoms with van der Waals surface area (Å²) in [6.07, 6.45) is 1.00. The summed E-state index contributed by atoms with van der Waals surface area (Å²) in [5.74, 6) is -2.25. The van der Waals surface area contributed by atoms with Crippen LogP contribution in [-0.4, -0.2) is 71.5 Å². The number of carboxylic acids is 1. The van der Waals surface area contributed by atoms with Crippen molar-refractivity contribution < 1.29 is 34.1 Å². The van der Waals surface area contributed by atoms with Gasteiger partial charge in [-0.3, -0.25) is 14.5 Å². The van der Waals surface area contributed by atoms with Crippen molar-refractivity contribution in [2.24, 2.45) is 0 Å². The summed E-state index contributed by atoms with van der Waals surface area (Å²) < 4.78 is 9.73. The van der Waals surface area contributed by atoms with Gasteiger partial charge in [-0.15, -0.1) is 0 Å². The number of carbonyl (C=O) groups is 3. The van der Waals surface area contributed by atoms with Gasteiger partial charge >= 0.3 is 17.9 Å². The predicted molar refractivity (Wildman–Crippen MR) is 77.2 cm³/mol. The molecule has 0 spiro atoms. The maximum Gasteiger partial charge on any atom is 0.347 e. The lowest BCUT2D eigenvalue weighted by Gasteiger charge is -2.24. The van der Waals surface area contributed by atoms with Crippen LogP contribution < -0.4 is 0 Å². The van der Waals surface area contributed by atoms with E-state index in [0.29, 0.717) is 25.9 Å². The molecule has 0 fully saturated rings. The lowest BCUT2D eigenvalue weighted by Crippen LogP contribution is -2.41. The number of hydrogen-bond acceptors (Lipinski definition) is 7. The van der Waals surface area contributed by atoms with Crippen molar-refractivity contribution in [2.75, 3.05) is 32.8 Å². The molecule has 0 bridgehead atoms. The zero-order chi connectivity index (χ0) is 17.2. The van der Waals surface area contributed by atoms with E-state index in [2.05, 4.69) is 0 Å². The number of aliphatic hydroxyl groups is 1. The summed E-state index contributed by atoms with van der Waals surface area (Å²) in [4.78, 5) is 35.1. The van der Waals surface area contributed by atoms with Gasteiger partial charge in [0, 0.05) is 26.6 Å². The first kappa shape index (κ1) is 20.3. The largest absolute Gasteiger partial charge is 0.478 e. The number of rotatable bonds is 11. The maximum absolute atomic E-state index is 11.8. The molecule has 0 heterocycles. The topological polar surface area (TPSA) is 113 Å². The van der Waals surface area contributed by atoms with Crippen LogP contribution in [0, 0.1) is 0 Å². The summed E-state index contributed by atoms with van der Waals surface area (Å²) in [5.41, 5.74) is -1.59. The Kier molecular flexibility index (Phi) is 9.35. The summed E-state index contributed by atoms with van der Waals surface area (Å²) in [6, 6.07) is 0. The van der Waals surface area contributed by atoms with Gasteiger partial charge in [0.1, 0.15) is 0 Å². The first-order valence-corrected chi connectivity index (χ1v) is 7.11. The van der Waals surface area contributed by atoms with Gasteiger partial charge < -0.3 is 19.7 Å². The molecule has 0 aromatic rings. The number of carbonyl (C=O) groups excluding carboxylic acids is 2. The fourth-order valence-electron chi connectivity index (χ4n) is 1.61. The summed E-state index contributed by atoms with van der Waals surface area (Å²) in [7, 11) is 0. The Labute approximate surface area is 130 Å². The van der Waals surface area contributed by atoms with Crippen LogP contribution in [0.1, 0.15) is 33.6 Å². The fourth-order valence-corrected chi connectivity index (χ4v) is 1.61. The number of aliphatic carboxylic acids is 1. The second-order valence-electron chi connectivity index (χ2n) is 5.34. The molecule has 0 amide bonds. The minimum absolute atomic E-state index is 0.0177. The zero-order valence-corrected chi connectivity index (χ0v) is 13.3. The molecule has 0 aliphatic rings. The fraction of sp³-hybridized carbons (Fsp3) is 0.786. The van der Waals surface area contributed by atoms with E-state index < -0.39 is 17.5 Å². The monoisotopic (exact) mass is 319 g/mol. The average molecular weight is 319 g/mol. The van der Waals surface area contributed by atoms with Gasteiger partial charge in [0.25, 0.3) is 0 Å². The normalized spacial score (nSPS) is 11.3. The summed E-state index contributed by atoms with van der Waals surface area (Å²) in [6.45, 7) is 4.97. The molecule has 0 unspecified atom stereocenters. The third-order valence-electron chi connectivity index (χ3n) is 2.79. The zero-order valence-electron chi connectivity index (χ0n) is 13.3. The molecule has 0 rings (SSSR count). The Morgan fingerprint density at radius 1 is 1.14 bits per heavy atom. The minimum Gasteiger partial charge on any atom is -0.478 e. The van der Waals surface area contributed by atoms with E-state index in [9.17, 15) is 14.4 Å². The molecule has 128 valence electrons. The van der Waals surface area contributed by atoms with Crippen LogP contribution in [0.15, 0.2) is 0 Å². The van der Waals surface area contributed by atoms with E-state index in [0.717, 1.165) is 0 Å². The molecule has 8 heteroatoms. The van der Waals surface area contributed by atoms with Crippen molar-refractivity contribution in [2.45, 2.75) is 39.2 Å². The smallest absolute Gasteiger partial charge is 0.347 e. The first-order chi connectivity index (χ1) is 10.2. The molecule has 2 N–H and O–H groups in total. The van der Waals surface area contributed by atoms with Crippen LogP contribution in [0.5, 0.6) is 0 Å². The van der Waals surface area contributed by atoms with E-state index in [4.69, 9.17) is 19.7 Å². The van der Waals surface area contributed by atoms with E-state index in [1.54, 1.807) is 4.90 Å². The third kappa shape index (κ3) is 9.30. The van der Waals surface area contributed by atoms with Gasteiger partial charge in [0.2, 0.25) is 5.60 Å². The van der Waals surface area contributed by atoms with Gasteiger partial charge in [-0.2, -0.15) is 0 Å². The Balaban J connectivity index is 4.35. The second-order valence-corrected chi connectivity index (χ2v) is 5.34. The van der Waals surface area contributed by atoms with Crippen molar-refractivity contribution in [1.29, 1.82) is 0 Å². The molecular formula is C14H25NO7. The maximum atomic E-state index is 11.8. The number of esters is 2. The van der Waals surface area contributed by atoms with Crippen LogP contribution in [0.3, 0.4) is 0 Å². The molecule has 0 atom stereocenters. The Morgan fingerprint density at radius 2 is 1.73 bits per heavy atom. The highest BCUT2D eigenvalue weighted by Crippen LogP contribution is 2.10. The van der Waals surface area contributed by atoms with E-state index in [1.165, 1.54) is 20.8 Å². The molecule has 8 nitrogen and oxygen atoms in total. The molecular weight excluding hydrogens is 294 g/mol. The summed E-state index contributed by atoms with van der Waals surface area (Å²) >= 11 is 0. The van der Waals surface area contributed by atoms with Crippen molar-refractivity contribution >= 4 is 17.9 Å². The van der Waals surface area contributed by atoms with E-state index in [-0.39, 0.29) is 25.7 Å². The number of aliphatic hydroxyl groups excluding tert-OH is 1. The molecule has 0 saturated carbocycles. The van der Waals surface area contributed by atoms with Crippen LogP contribution in [-0.2, 0) is 23.9 Å². The first-order valence-electron chi connectivity index (χ1n) is 7.11. The lowest BCUT2D eigenvalue weighted by molar-refractivity contribution is -0.175. The van der Waals surface area contributed by atoms with Crippen LogP contribution in [0.2, 0.25) is 0 Å². The molecule has 0 saturated heterocycles. The highest BCUT2D eigenvalue weighted by atomic mass is 16.6. The lowest BCUT2D eigenvalue weighted by atomic mass is 10.1. The molecule has 0 aliphatic heterocycles. The SMILES string of the molecule is CC(=O)OCCCN(CCCO)CC(=O)OC(C)(C)C(=O)O. The molecule has 0 radical (unpaired) electrons. The number of nitrogens with zero attached hydrogens (tertiary/aromatic N) is 1. The summed E-state index contributed by atoms with van der Waals surface area (Å²) in [5, 5.41) is 17.8. The molecule has 0 aliphatic carbocycles. The van der Waals surface area contributed by atoms with Crippen molar-refractivity contribution in [3.63, 3.8) is 0 Å². The van der Waals surface area contributed by atoms with Gasteiger partial charge in [-0.1, -0.05) is 0 Å². The van der Waals surface area contributed by atoms with Gasteiger partial charge in [0.15, 0.2) is 0 Å². The Morgan fingerprint density at radius 3 is 2.23 bits per heavy atom. The number of hydrogen-bond donors (Lipinski definition) is 2. The van der Waals surface area contributed by atoms with Crippen molar-refractivity contribution in [3.8, 4) is 0 Å². The molecule has 22 heavy (non-hydrogen) atoms. The van der Waals surface area contributed by atoms with Crippen LogP contribution >= 0.6 is 0 Å². The van der Waals surface area contributed by atoms with Gasteiger partial charge in [-0.05, 0) is 26.7 Å². The Hall–Kier alpha value is -1.67. The quantitative estimate of drug-likeness (QED) is 0.405.